The number of nitrogens with zero attached hydrogens (tertiary/aromatic N) is 4. The van der Waals surface area contributed by atoms with Crippen molar-refractivity contribution in [3.05, 3.63) is 47.0 Å². The van der Waals surface area contributed by atoms with E-state index in [2.05, 4.69) is 15.6 Å². The lowest BCUT2D eigenvalue weighted by Gasteiger charge is -2.28. The standard InChI is InChI=1S/C20H26FN5O3/c1-12(2)26-13(3)17(23-24-26)18(27)22-16-8-9-25(11-16)19(28)20(4,29)14-6-5-7-15(21)10-14/h5-7,10,12,16,29H,8-9,11H2,1-4H3,(H,22,27)/t16-,20?/m1/s1. The molecule has 1 aromatic carbocycles. The van der Waals surface area contributed by atoms with Gasteiger partial charge in [0.25, 0.3) is 11.8 Å². The Bertz CT molecular complexity index is 925. The number of likely N-dealkylation sites (tertiary alicyclic amines) is 1. The summed E-state index contributed by atoms with van der Waals surface area (Å²) in [5.41, 5.74) is -0.721. The molecule has 0 saturated carbocycles. The number of benzene rings is 1. The first kappa shape index (κ1) is 20.9. The zero-order chi connectivity index (χ0) is 21.3. The van der Waals surface area contributed by atoms with E-state index < -0.39 is 17.3 Å². The lowest BCUT2D eigenvalue weighted by molar-refractivity contribution is -0.149. The van der Waals surface area contributed by atoms with Crippen LogP contribution in [0.1, 0.15) is 55.0 Å². The van der Waals surface area contributed by atoms with Gasteiger partial charge in [-0.15, -0.1) is 5.10 Å². The van der Waals surface area contributed by atoms with E-state index in [0.29, 0.717) is 18.7 Å². The second-order valence-corrected chi connectivity index (χ2v) is 7.85. The van der Waals surface area contributed by atoms with E-state index in [1.165, 1.54) is 30.0 Å². The van der Waals surface area contributed by atoms with E-state index in [9.17, 15) is 19.1 Å². The number of halogens is 1. The minimum Gasteiger partial charge on any atom is -0.376 e. The van der Waals surface area contributed by atoms with Gasteiger partial charge < -0.3 is 15.3 Å². The molecule has 1 aliphatic heterocycles. The third-order valence-electron chi connectivity index (χ3n) is 5.25. The van der Waals surface area contributed by atoms with Crippen molar-refractivity contribution in [1.82, 2.24) is 25.2 Å². The third-order valence-corrected chi connectivity index (χ3v) is 5.25. The first-order valence-electron chi connectivity index (χ1n) is 9.61. The van der Waals surface area contributed by atoms with Crippen molar-refractivity contribution in [1.29, 1.82) is 0 Å². The summed E-state index contributed by atoms with van der Waals surface area (Å²) < 4.78 is 15.2. The molecule has 3 rings (SSSR count). The summed E-state index contributed by atoms with van der Waals surface area (Å²) in [6.07, 6.45) is 0.550. The summed E-state index contributed by atoms with van der Waals surface area (Å²) in [5.74, 6) is -1.39. The zero-order valence-electron chi connectivity index (χ0n) is 17.0. The fourth-order valence-corrected chi connectivity index (χ4v) is 3.58. The highest BCUT2D eigenvalue weighted by atomic mass is 19.1. The number of hydrogen-bond acceptors (Lipinski definition) is 5. The number of nitrogens with one attached hydrogen (secondary N) is 1. The van der Waals surface area contributed by atoms with Gasteiger partial charge in [-0.2, -0.15) is 0 Å². The SMILES string of the molecule is Cc1c(C(=O)N[C@@H]2CCN(C(=O)C(C)(O)c3cccc(F)c3)C2)nnn1C(C)C. The van der Waals surface area contributed by atoms with Gasteiger partial charge in [-0.1, -0.05) is 17.3 Å². The molecule has 2 amide bonds. The van der Waals surface area contributed by atoms with Gasteiger partial charge in [0.15, 0.2) is 11.3 Å². The van der Waals surface area contributed by atoms with Gasteiger partial charge in [0, 0.05) is 25.2 Å². The lowest BCUT2D eigenvalue weighted by Crippen LogP contribution is -2.46. The molecule has 1 aliphatic rings. The highest BCUT2D eigenvalue weighted by Gasteiger charge is 2.39. The summed E-state index contributed by atoms with van der Waals surface area (Å²) in [4.78, 5) is 26.9. The summed E-state index contributed by atoms with van der Waals surface area (Å²) in [7, 11) is 0. The number of hydrogen-bond donors (Lipinski definition) is 2. The molecular formula is C20H26FN5O3. The predicted octanol–water partition coefficient (Wildman–Crippen LogP) is 1.54. The largest absolute Gasteiger partial charge is 0.376 e. The minimum atomic E-state index is -1.85. The Morgan fingerprint density at radius 2 is 2.10 bits per heavy atom. The molecule has 8 nitrogen and oxygen atoms in total. The average Bonchev–Trinajstić information content (AvgIpc) is 3.27. The maximum absolute atomic E-state index is 13.5. The summed E-state index contributed by atoms with van der Waals surface area (Å²) >= 11 is 0. The quantitative estimate of drug-likeness (QED) is 0.789. The molecule has 2 aromatic rings. The fraction of sp³-hybridized carbons (Fsp3) is 0.500. The number of carbonyl (C=O) groups is 2. The molecule has 1 fully saturated rings. The molecule has 1 unspecified atom stereocenters. The Hall–Kier alpha value is -2.81. The van der Waals surface area contributed by atoms with Gasteiger partial charge in [0.1, 0.15) is 5.82 Å². The lowest BCUT2D eigenvalue weighted by atomic mass is 9.94. The van der Waals surface area contributed by atoms with E-state index >= 15 is 0 Å². The number of aliphatic hydroxyl groups is 1. The van der Waals surface area contributed by atoms with Crippen LogP contribution >= 0.6 is 0 Å². The maximum Gasteiger partial charge on any atom is 0.274 e. The smallest absolute Gasteiger partial charge is 0.274 e. The molecule has 2 N–H and O–H groups in total. The summed E-state index contributed by atoms with van der Waals surface area (Å²) in [6, 6.07) is 5.19. The van der Waals surface area contributed by atoms with Crippen LogP contribution in [0.5, 0.6) is 0 Å². The molecule has 0 radical (unpaired) electrons. The van der Waals surface area contributed by atoms with Gasteiger partial charge >= 0.3 is 0 Å². The first-order chi connectivity index (χ1) is 13.6. The van der Waals surface area contributed by atoms with E-state index in [1.807, 2.05) is 13.8 Å². The summed E-state index contributed by atoms with van der Waals surface area (Å²) in [5, 5.41) is 21.6. The Kier molecular flexibility index (Phi) is 5.70. The van der Waals surface area contributed by atoms with Crippen molar-refractivity contribution >= 4 is 11.8 Å². The van der Waals surface area contributed by atoms with Crippen LogP contribution in [0.15, 0.2) is 24.3 Å². The van der Waals surface area contributed by atoms with Crippen molar-refractivity contribution in [3.8, 4) is 0 Å². The normalized spacial score (nSPS) is 18.7. The molecule has 2 atom stereocenters. The Morgan fingerprint density at radius 1 is 1.38 bits per heavy atom. The zero-order valence-corrected chi connectivity index (χ0v) is 17.0. The van der Waals surface area contributed by atoms with Crippen LogP contribution in [0.25, 0.3) is 0 Å². The van der Waals surface area contributed by atoms with E-state index in [4.69, 9.17) is 0 Å². The molecule has 0 bridgehead atoms. The molecular weight excluding hydrogens is 377 g/mol. The van der Waals surface area contributed by atoms with Gasteiger partial charge in [-0.3, -0.25) is 9.59 Å². The molecule has 0 aliphatic carbocycles. The van der Waals surface area contributed by atoms with Crippen molar-refractivity contribution < 1.29 is 19.1 Å². The van der Waals surface area contributed by atoms with Crippen molar-refractivity contribution in [2.75, 3.05) is 13.1 Å². The Labute approximate surface area is 168 Å². The molecule has 156 valence electrons. The second kappa shape index (κ2) is 7.90. The van der Waals surface area contributed by atoms with E-state index in [0.717, 1.165) is 6.07 Å². The monoisotopic (exact) mass is 403 g/mol. The second-order valence-electron chi connectivity index (χ2n) is 7.85. The Morgan fingerprint density at radius 3 is 2.72 bits per heavy atom. The average molecular weight is 403 g/mol. The minimum absolute atomic E-state index is 0.0914. The fourth-order valence-electron chi connectivity index (χ4n) is 3.58. The number of aromatic nitrogens is 3. The van der Waals surface area contributed by atoms with Crippen LogP contribution < -0.4 is 5.32 Å². The number of rotatable bonds is 5. The highest BCUT2D eigenvalue weighted by molar-refractivity contribution is 5.93. The van der Waals surface area contributed by atoms with Gasteiger partial charge in [0.2, 0.25) is 0 Å². The van der Waals surface area contributed by atoms with Crippen molar-refractivity contribution in [2.45, 2.75) is 51.8 Å². The van der Waals surface area contributed by atoms with Crippen molar-refractivity contribution in [3.63, 3.8) is 0 Å². The molecule has 9 heteroatoms. The number of carbonyl (C=O) groups excluding carboxylic acids is 2. The first-order valence-corrected chi connectivity index (χ1v) is 9.61. The third kappa shape index (κ3) is 4.14. The van der Waals surface area contributed by atoms with E-state index in [-0.39, 0.29) is 35.8 Å². The molecule has 2 heterocycles. The van der Waals surface area contributed by atoms with Gasteiger partial charge in [0.05, 0.1) is 5.69 Å². The predicted molar refractivity (Wildman–Crippen MR) is 104 cm³/mol. The molecule has 0 spiro atoms. The topological polar surface area (TPSA) is 100 Å². The van der Waals surface area contributed by atoms with Crippen molar-refractivity contribution in [2.24, 2.45) is 0 Å². The highest BCUT2D eigenvalue weighted by Crippen LogP contribution is 2.26. The number of amides is 2. The van der Waals surface area contributed by atoms with Gasteiger partial charge in [-0.25, -0.2) is 9.07 Å². The van der Waals surface area contributed by atoms with Crippen LogP contribution in [0, 0.1) is 12.7 Å². The van der Waals surface area contributed by atoms with E-state index in [1.54, 1.807) is 11.6 Å². The van der Waals surface area contributed by atoms with Crippen LogP contribution in [0.4, 0.5) is 4.39 Å². The van der Waals surface area contributed by atoms with Gasteiger partial charge in [-0.05, 0) is 51.8 Å². The van der Waals surface area contributed by atoms with Crippen LogP contribution in [0.3, 0.4) is 0 Å². The maximum atomic E-state index is 13.5. The van der Waals surface area contributed by atoms with Crippen LogP contribution in [-0.4, -0.2) is 55.9 Å². The van der Waals surface area contributed by atoms with Crippen LogP contribution in [-0.2, 0) is 10.4 Å². The molecule has 1 aromatic heterocycles. The Balaban J connectivity index is 1.65. The van der Waals surface area contributed by atoms with Crippen LogP contribution in [0.2, 0.25) is 0 Å². The molecule has 1 saturated heterocycles. The summed E-state index contributed by atoms with van der Waals surface area (Å²) in [6.45, 7) is 7.68. The molecule has 29 heavy (non-hydrogen) atoms.